The van der Waals surface area contributed by atoms with Gasteiger partial charge in [0.05, 0.1) is 11.9 Å². The molecule has 206 valence electrons. The van der Waals surface area contributed by atoms with Gasteiger partial charge in [0, 0.05) is 27.2 Å². The summed E-state index contributed by atoms with van der Waals surface area (Å²) in [5, 5.41) is 13.2. The predicted octanol–water partition coefficient (Wildman–Crippen LogP) is 8.70. The van der Waals surface area contributed by atoms with Crippen LogP contribution >= 0.6 is 22.9 Å². The summed E-state index contributed by atoms with van der Waals surface area (Å²) in [5.41, 5.74) is 7.69. The Morgan fingerprint density at radius 2 is 1.64 bits per heavy atom. The number of nitrogens with one attached hydrogen (secondary N) is 2. The molecule has 6 aromatic rings. The first-order valence-corrected chi connectivity index (χ1v) is 14.5. The monoisotopic (exact) mass is 588 g/mol. The van der Waals surface area contributed by atoms with E-state index in [1.54, 1.807) is 18.3 Å². The number of ether oxygens (including phenoxy) is 1. The second-order valence-corrected chi connectivity index (χ2v) is 10.8. The van der Waals surface area contributed by atoms with E-state index in [0.717, 1.165) is 39.0 Å². The van der Waals surface area contributed by atoms with Crippen molar-refractivity contribution in [3.05, 3.63) is 142 Å². The van der Waals surface area contributed by atoms with Gasteiger partial charge in [-0.15, -0.1) is 11.3 Å². The molecule has 6 rings (SSSR count). The van der Waals surface area contributed by atoms with Gasteiger partial charge in [-0.2, -0.15) is 5.10 Å². The molecule has 6 nitrogen and oxygen atoms in total. The summed E-state index contributed by atoms with van der Waals surface area (Å²) in [5.74, 6) is 0.467. The Labute approximate surface area is 252 Å². The lowest BCUT2D eigenvalue weighted by Crippen LogP contribution is -2.17. The van der Waals surface area contributed by atoms with Crippen LogP contribution in [-0.2, 0) is 6.61 Å². The summed E-state index contributed by atoms with van der Waals surface area (Å²) < 4.78 is 5.94. The molecule has 0 bridgehead atoms. The van der Waals surface area contributed by atoms with Gasteiger partial charge in [0.15, 0.2) is 5.13 Å². The predicted molar refractivity (Wildman–Crippen MR) is 172 cm³/mol. The summed E-state index contributed by atoms with van der Waals surface area (Å²) in [7, 11) is 0. The van der Waals surface area contributed by atoms with Gasteiger partial charge in [-0.05, 0) is 88.6 Å². The molecule has 0 saturated heterocycles. The molecule has 5 aromatic carbocycles. The van der Waals surface area contributed by atoms with Gasteiger partial charge in [0.1, 0.15) is 12.4 Å². The van der Waals surface area contributed by atoms with Crippen LogP contribution in [-0.4, -0.2) is 17.1 Å². The number of hydrogen-bond donors (Lipinski definition) is 2. The zero-order valence-electron chi connectivity index (χ0n) is 22.3. The molecule has 0 spiro atoms. The molecule has 42 heavy (non-hydrogen) atoms. The Morgan fingerprint density at radius 3 is 2.43 bits per heavy atom. The van der Waals surface area contributed by atoms with Gasteiger partial charge in [-0.25, -0.2) is 10.4 Å². The standard InChI is InChI=1S/C34H25ClN4O2S/c35-29-13-15-30(16-14-29)37-34-38-32(22-42-34)26-9-11-27(12-10-26)33(40)39-36-20-23-6-17-31(18-7-23)41-21-24-5-8-25-3-1-2-4-28(25)19-24/h1-20,22H,21H2,(H,37,38)(H,39,40)/b36-20-. The third-order valence-corrected chi connectivity index (χ3v) is 7.53. The molecule has 0 aliphatic carbocycles. The van der Waals surface area contributed by atoms with Crippen molar-refractivity contribution < 1.29 is 9.53 Å². The van der Waals surface area contributed by atoms with E-state index in [4.69, 9.17) is 16.3 Å². The van der Waals surface area contributed by atoms with E-state index in [-0.39, 0.29) is 5.91 Å². The van der Waals surface area contributed by atoms with Gasteiger partial charge in [0.25, 0.3) is 5.91 Å². The Morgan fingerprint density at radius 1 is 0.881 bits per heavy atom. The highest BCUT2D eigenvalue weighted by atomic mass is 35.5. The number of hydrogen-bond acceptors (Lipinski definition) is 6. The summed E-state index contributed by atoms with van der Waals surface area (Å²) in [6.45, 7) is 0.483. The maximum absolute atomic E-state index is 12.6. The van der Waals surface area contributed by atoms with E-state index in [9.17, 15) is 4.79 Å². The number of carbonyl (C=O) groups is 1. The number of amides is 1. The third kappa shape index (κ3) is 6.83. The van der Waals surface area contributed by atoms with Crippen molar-refractivity contribution in [2.75, 3.05) is 5.32 Å². The molecule has 0 atom stereocenters. The van der Waals surface area contributed by atoms with Gasteiger partial charge in [-0.1, -0.05) is 60.1 Å². The van der Waals surface area contributed by atoms with Crippen molar-refractivity contribution in [1.82, 2.24) is 10.4 Å². The number of carbonyl (C=O) groups excluding carboxylic acids is 1. The van der Waals surface area contributed by atoms with Crippen LogP contribution in [0.5, 0.6) is 5.75 Å². The molecule has 1 amide bonds. The Bertz CT molecular complexity index is 1850. The van der Waals surface area contributed by atoms with E-state index >= 15 is 0 Å². The van der Waals surface area contributed by atoms with Crippen LogP contribution in [0.4, 0.5) is 10.8 Å². The SMILES string of the molecule is O=C(N/N=C\c1ccc(OCc2ccc3ccccc3c2)cc1)c1ccc(-c2csc(Nc3ccc(Cl)cc3)n2)cc1. The van der Waals surface area contributed by atoms with Crippen LogP contribution in [0.15, 0.2) is 126 Å². The summed E-state index contributed by atoms with van der Waals surface area (Å²) >= 11 is 7.46. The Hall–Kier alpha value is -4.98. The first-order chi connectivity index (χ1) is 20.6. The van der Waals surface area contributed by atoms with E-state index in [0.29, 0.717) is 17.2 Å². The molecule has 1 aromatic heterocycles. The lowest BCUT2D eigenvalue weighted by atomic mass is 10.1. The topological polar surface area (TPSA) is 75.6 Å². The van der Waals surface area contributed by atoms with E-state index in [2.05, 4.69) is 51.2 Å². The smallest absolute Gasteiger partial charge is 0.271 e. The van der Waals surface area contributed by atoms with E-state index < -0.39 is 0 Å². The molecule has 0 saturated carbocycles. The lowest BCUT2D eigenvalue weighted by molar-refractivity contribution is 0.0955. The zero-order chi connectivity index (χ0) is 28.7. The minimum absolute atomic E-state index is 0.295. The lowest BCUT2D eigenvalue weighted by Gasteiger charge is -2.07. The molecule has 0 unspecified atom stereocenters. The summed E-state index contributed by atoms with van der Waals surface area (Å²) in [6, 6.07) is 36.9. The minimum atomic E-state index is -0.295. The fourth-order valence-corrected chi connectivity index (χ4v) is 5.15. The van der Waals surface area contributed by atoms with Crippen LogP contribution < -0.4 is 15.5 Å². The number of aromatic nitrogens is 1. The number of fused-ring (bicyclic) bond motifs is 1. The van der Waals surface area contributed by atoms with Crippen LogP contribution in [0.1, 0.15) is 21.5 Å². The average molecular weight is 589 g/mol. The third-order valence-electron chi connectivity index (χ3n) is 6.52. The molecule has 0 aliphatic rings. The number of nitrogens with zero attached hydrogens (tertiary/aromatic N) is 2. The number of hydrazone groups is 1. The number of benzene rings is 5. The van der Waals surface area contributed by atoms with Gasteiger partial charge < -0.3 is 10.1 Å². The van der Waals surface area contributed by atoms with Gasteiger partial charge in [-0.3, -0.25) is 4.79 Å². The molecule has 8 heteroatoms. The molecular weight excluding hydrogens is 564 g/mol. The van der Waals surface area contributed by atoms with Crippen molar-refractivity contribution >= 4 is 56.7 Å². The number of thiazole rings is 1. The molecule has 0 fully saturated rings. The highest BCUT2D eigenvalue weighted by Crippen LogP contribution is 2.28. The highest BCUT2D eigenvalue weighted by Gasteiger charge is 2.08. The van der Waals surface area contributed by atoms with Crippen molar-refractivity contribution in [3.8, 4) is 17.0 Å². The average Bonchev–Trinajstić information content (AvgIpc) is 3.50. The highest BCUT2D eigenvalue weighted by molar-refractivity contribution is 7.14. The van der Waals surface area contributed by atoms with Crippen molar-refractivity contribution in [2.45, 2.75) is 6.61 Å². The van der Waals surface area contributed by atoms with Crippen molar-refractivity contribution in [2.24, 2.45) is 5.10 Å². The molecule has 1 heterocycles. The maximum Gasteiger partial charge on any atom is 0.271 e. The second-order valence-electron chi connectivity index (χ2n) is 9.49. The fraction of sp³-hybridized carbons (Fsp3) is 0.0294. The Balaban J connectivity index is 0.994. The minimum Gasteiger partial charge on any atom is -0.489 e. The van der Waals surface area contributed by atoms with E-state index in [1.807, 2.05) is 78.2 Å². The first-order valence-electron chi connectivity index (χ1n) is 13.2. The van der Waals surface area contributed by atoms with Gasteiger partial charge >= 0.3 is 0 Å². The second kappa shape index (κ2) is 12.7. The largest absolute Gasteiger partial charge is 0.489 e. The van der Waals surface area contributed by atoms with Crippen molar-refractivity contribution in [3.63, 3.8) is 0 Å². The van der Waals surface area contributed by atoms with Crippen LogP contribution in [0.2, 0.25) is 5.02 Å². The van der Waals surface area contributed by atoms with Gasteiger partial charge in [0.2, 0.25) is 0 Å². The normalized spacial score (nSPS) is 11.1. The van der Waals surface area contributed by atoms with Crippen molar-refractivity contribution in [1.29, 1.82) is 0 Å². The van der Waals surface area contributed by atoms with Crippen LogP contribution in [0.3, 0.4) is 0 Å². The summed E-state index contributed by atoms with van der Waals surface area (Å²) in [6.07, 6.45) is 1.60. The molecule has 0 radical (unpaired) electrons. The quantitative estimate of drug-likeness (QED) is 0.131. The number of halogens is 1. The zero-order valence-corrected chi connectivity index (χ0v) is 23.9. The maximum atomic E-state index is 12.6. The summed E-state index contributed by atoms with van der Waals surface area (Å²) in [4.78, 5) is 17.2. The Kier molecular flexibility index (Phi) is 8.21. The molecule has 0 aliphatic heterocycles. The molecular formula is C34H25ClN4O2S. The molecule has 2 N–H and O–H groups in total. The first kappa shape index (κ1) is 27.2. The number of rotatable bonds is 9. The fourth-order valence-electron chi connectivity index (χ4n) is 4.29. The van der Waals surface area contributed by atoms with Crippen LogP contribution in [0, 0.1) is 0 Å². The number of anilines is 2. The van der Waals surface area contributed by atoms with Crippen LogP contribution in [0.25, 0.3) is 22.0 Å². The van der Waals surface area contributed by atoms with E-state index in [1.165, 1.54) is 22.1 Å².